The van der Waals surface area contributed by atoms with Gasteiger partial charge in [-0.3, -0.25) is 0 Å². The normalized spacial score (nSPS) is 17.8. The van der Waals surface area contributed by atoms with Gasteiger partial charge in [0.2, 0.25) is 5.82 Å². The molecule has 0 bridgehead atoms. The van der Waals surface area contributed by atoms with Gasteiger partial charge in [0.25, 0.3) is 5.89 Å². The molecule has 0 amide bonds. The van der Waals surface area contributed by atoms with Crippen LogP contribution in [0.25, 0.3) is 11.5 Å². The van der Waals surface area contributed by atoms with Crippen LogP contribution in [0.1, 0.15) is 37.9 Å². The van der Waals surface area contributed by atoms with Gasteiger partial charge in [-0.15, -0.1) is 0 Å². The van der Waals surface area contributed by atoms with Crippen LogP contribution < -0.4 is 0 Å². The Hall–Kier alpha value is -2.08. The Labute approximate surface area is 122 Å². The number of hydrogen-bond acceptors (Lipinski definition) is 6. The fourth-order valence-electron chi connectivity index (χ4n) is 2.82. The van der Waals surface area contributed by atoms with Gasteiger partial charge in [-0.05, 0) is 31.0 Å². The smallest absolute Gasteiger partial charge is 0.258 e. The number of phenolic OH excluding ortho intramolecular Hbond substituents is 2. The minimum atomic E-state index is -0.473. The van der Waals surface area contributed by atoms with E-state index in [-0.39, 0.29) is 11.5 Å². The van der Waals surface area contributed by atoms with Crippen molar-refractivity contribution in [2.75, 3.05) is 7.11 Å². The molecule has 21 heavy (non-hydrogen) atoms. The minimum absolute atomic E-state index is 0.181. The highest BCUT2D eigenvalue weighted by molar-refractivity contribution is 5.59. The summed E-state index contributed by atoms with van der Waals surface area (Å²) in [5.74, 6) is 0.458. The zero-order chi connectivity index (χ0) is 14.9. The zero-order valence-corrected chi connectivity index (χ0v) is 11.9. The third-order valence-corrected chi connectivity index (χ3v) is 4.11. The van der Waals surface area contributed by atoms with E-state index in [1.807, 2.05) is 0 Å². The van der Waals surface area contributed by atoms with Crippen LogP contribution in [0.4, 0.5) is 0 Å². The van der Waals surface area contributed by atoms with Crippen LogP contribution in [-0.2, 0) is 10.3 Å². The summed E-state index contributed by atoms with van der Waals surface area (Å²) in [6.45, 7) is 0. The van der Waals surface area contributed by atoms with Crippen molar-refractivity contribution in [3.05, 3.63) is 24.0 Å². The standard InChI is InChI=1S/C15H18N2O4/c1-20-15(7-3-2-4-8-15)14-16-13(21-17-14)10-5-6-11(18)12(19)9-10/h5-6,9,18-19H,2-4,7-8H2,1H3. The number of methoxy groups -OCH3 is 1. The molecule has 1 aliphatic carbocycles. The molecule has 1 saturated carbocycles. The molecule has 0 atom stereocenters. The number of rotatable bonds is 3. The van der Waals surface area contributed by atoms with Crippen molar-refractivity contribution in [1.82, 2.24) is 10.1 Å². The van der Waals surface area contributed by atoms with Gasteiger partial charge in [0.15, 0.2) is 11.5 Å². The molecule has 0 spiro atoms. The maximum Gasteiger partial charge on any atom is 0.258 e. The van der Waals surface area contributed by atoms with Crippen molar-refractivity contribution in [3.8, 4) is 23.0 Å². The third kappa shape index (κ3) is 2.47. The van der Waals surface area contributed by atoms with Crippen LogP contribution >= 0.6 is 0 Å². The molecule has 2 aromatic rings. The van der Waals surface area contributed by atoms with Crippen molar-refractivity contribution >= 4 is 0 Å². The number of aromatic nitrogens is 2. The monoisotopic (exact) mass is 290 g/mol. The Kier molecular flexibility index (Phi) is 3.55. The summed E-state index contributed by atoms with van der Waals surface area (Å²) in [7, 11) is 1.67. The first-order valence-corrected chi connectivity index (χ1v) is 7.06. The van der Waals surface area contributed by atoms with E-state index in [1.165, 1.54) is 18.6 Å². The first-order chi connectivity index (χ1) is 10.1. The third-order valence-electron chi connectivity index (χ3n) is 4.11. The fraction of sp³-hybridized carbons (Fsp3) is 0.467. The number of aromatic hydroxyl groups is 2. The van der Waals surface area contributed by atoms with Gasteiger partial charge in [-0.1, -0.05) is 24.4 Å². The molecule has 1 heterocycles. The molecular weight excluding hydrogens is 272 g/mol. The van der Waals surface area contributed by atoms with Crippen molar-refractivity contribution in [2.45, 2.75) is 37.7 Å². The summed E-state index contributed by atoms with van der Waals surface area (Å²) in [6.07, 6.45) is 5.11. The van der Waals surface area contributed by atoms with E-state index < -0.39 is 5.60 Å². The highest BCUT2D eigenvalue weighted by Crippen LogP contribution is 2.39. The van der Waals surface area contributed by atoms with Gasteiger partial charge in [0.05, 0.1) is 0 Å². The van der Waals surface area contributed by atoms with Gasteiger partial charge in [-0.25, -0.2) is 0 Å². The summed E-state index contributed by atoms with van der Waals surface area (Å²) in [4.78, 5) is 4.42. The SMILES string of the molecule is COC1(c2noc(-c3ccc(O)c(O)c3)n2)CCCCC1. The molecule has 6 heteroatoms. The maximum atomic E-state index is 9.55. The van der Waals surface area contributed by atoms with Crippen LogP contribution in [-0.4, -0.2) is 27.5 Å². The molecule has 1 aliphatic rings. The molecule has 0 aliphatic heterocycles. The van der Waals surface area contributed by atoms with Crippen molar-refractivity contribution < 1.29 is 19.5 Å². The Morgan fingerprint density at radius 1 is 1.14 bits per heavy atom. The van der Waals surface area contributed by atoms with Crippen molar-refractivity contribution in [3.63, 3.8) is 0 Å². The number of ether oxygens (including phenoxy) is 1. The fourth-order valence-corrected chi connectivity index (χ4v) is 2.82. The molecule has 6 nitrogen and oxygen atoms in total. The highest BCUT2D eigenvalue weighted by atomic mass is 16.5. The topological polar surface area (TPSA) is 88.6 Å². The summed E-state index contributed by atoms with van der Waals surface area (Å²) >= 11 is 0. The van der Waals surface area contributed by atoms with Gasteiger partial charge in [0, 0.05) is 12.7 Å². The van der Waals surface area contributed by atoms with E-state index >= 15 is 0 Å². The summed E-state index contributed by atoms with van der Waals surface area (Å²) < 4.78 is 11.0. The van der Waals surface area contributed by atoms with Crippen molar-refractivity contribution in [2.24, 2.45) is 0 Å². The average Bonchev–Trinajstić information content (AvgIpc) is 3.01. The average molecular weight is 290 g/mol. The summed E-state index contributed by atoms with van der Waals surface area (Å²) in [5, 5.41) is 22.9. The van der Waals surface area contributed by atoms with E-state index in [4.69, 9.17) is 9.26 Å². The molecule has 1 fully saturated rings. The Morgan fingerprint density at radius 3 is 2.57 bits per heavy atom. The van der Waals surface area contributed by atoms with E-state index in [2.05, 4.69) is 10.1 Å². The van der Waals surface area contributed by atoms with Gasteiger partial charge in [-0.2, -0.15) is 4.98 Å². The zero-order valence-electron chi connectivity index (χ0n) is 11.9. The quantitative estimate of drug-likeness (QED) is 0.845. The predicted octanol–water partition coefficient (Wildman–Crippen LogP) is 2.95. The van der Waals surface area contributed by atoms with Crippen molar-refractivity contribution in [1.29, 1.82) is 0 Å². The molecule has 112 valence electrons. The molecule has 0 saturated heterocycles. The Bertz CT molecular complexity index is 632. The maximum absolute atomic E-state index is 9.55. The first kappa shape index (κ1) is 13.9. The largest absolute Gasteiger partial charge is 0.504 e. The second kappa shape index (κ2) is 5.37. The molecule has 3 rings (SSSR count). The number of phenols is 2. The first-order valence-electron chi connectivity index (χ1n) is 7.06. The molecule has 1 aromatic carbocycles. The van der Waals surface area contributed by atoms with Gasteiger partial charge < -0.3 is 19.5 Å². The van der Waals surface area contributed by atoms with Crippen LogP contribution in [0.15, 0.2) is 22.7 Å². The minimum Gasteiger partial charge on any atom is -0.504 e. The van der Waals surface area contributed by atoms with E-state index in [1.54, 1.807) is 13.2 Å². The number of hydrogen-bond donors (Lipinski definition) is 2. The number of nitrogens with zero attached hydrogens (tertiary/aromatic N) is 2. The van der Waals surface area contributed by atoms with Crippen LogP contribution in [0.2, 0.25) is 0 Å². The highest BCUT2D eigenvalue weighted by Gasteiger charge is 2.38. The van der Waals surface area contributed by atoms with Gasteiger partial charge >= 0.3 is 0 Å². The summed E-state index contributed by atoms with van der Waals surface area (Å²) in [5.41, 5.74) is 0.0880. The van der Waals surface area contributed by atoms with Crippen LogP contribution in [0, 0.1) is 0 Å². The summed E-state index contributed by atoms with van der Waals surface area (Å²) in [6, 6.07) is 4.40. The molecule has 1 aromatic heterocycles. The second-order valence-electron chi connectivity index (χ2n) is 5.39. The van der Waals surface area contributed by atoms with Crippen LogP contribution in [0.3, 0.4) is 0 Å². The lowest BCUT2D eigenvalue weighted by Crippen LogP contribution is -2.32. The van der Waals surface area contributed by atoms with Gasteiger partial charge in [0.1, 0.15) is 5.60 Å². The lowest BCUT2D eigenvalue weighted by atomic mass is 9.84. The number of benzene rings is 1. The lowest BCUT2D eigenvalue weighted by molar-refractivity contribution is -0.0527. The van der Waals surface area contributed by atoms with Crippen LogP contribution in [0.5, 0.6) is 11.5 Å². The molecular formula is C15H18N2O4. The van der Waals surface area contributed by atoms with E-state index in [0.717, 1.165) is 25.7 Å². The second-order valence-corrected chi connectivity index (χ2v) is 5.39. The molecule has 0 radical (unpaired) electrons. The molecule has 2 N–H and O–H groups in total. The Balaban J connectivity index is 1.93. The van der Waals surface area contributed by atoms with E-state index in [9.17, 15) is 10.2 Å². The Morgan fingerprint density at radius 2 is 1.90 bits per heavy atom. The van der Waals surface area contributed by atoms with E-state index in [0.29, 0.717) is 17.3 Å². The molecule has 0 unspecified atom stereocenters. The predicted molar refractivity (Wildman–Crippen MR) is 74.8 cm³/mol. The lowest BCUT2D eigenvalue weighted by Gasteiger charge is -2.32.